The van der Waals surface area contributed by atoms with Gasteiger partial charge in [-0.25, -0.2) is 4.57 Å². The molecule has 0 aliphatic heterocycles. The van der Waals surface area contributed by atoms with Crippen LogP contribution in [0.25, 0.3) is 0 Å². The Morgan fingerprint density at radius 1 is 0.547 bits per heavy atom. The van der Waals surface area contributed by atoms with Crippen LogP contribution in [-0.2, 0) is 37.5 Å². The standard InChI is InChI=1S/C49H77O14P/c1-3-5-7-8-9-10-11-12-13-14-15-16-17-18-19-22-26-29-33-37-43(52)62-41(39-61-64(58,59)63-49-47(56)45(54)44(53)46(55)48(49)57)38-60-42(51)36-32-28-25-23-20-21-24-27-31-35-40(50)34-30-6-4-2/h5,7,9-10,12-13,15-16,18-19,24,26-27,29,31,35,41,44-49,53-57H,3-4,6,8,11,14,17,20-23,25,28,30,32-34,36-39H2,1-2H3,(H,58,59)/b7-5-,10-9-,13-12-,16-15-,19-18-,27-24-,29-26-,35-31+/t41-,44?,45-,46+,47-,48-,49?/m1/s1. The highest BCUT2D eigenvalue weighted by Crippen LogP contribution is 2.47. The Bertz CT molecular complexity index is 1550. The van der Waals surface area contributed by atoms with E-state index in [2.05, 4.69) is 62.5 Å². The summed E-state index contributed by atoms with van der Waals surface area (Å²) in [5, 5.41) is 50.1. The number of phosphoric ester groups is 1. The summed E-state index contributed by atoms with van der Waals surface area (Å²) in [6.07, 6.45) is 33.1. The van der Waals surface area contributed by atoms with Crippen LogP contribution in [0.15, 0.2) is 97.2 Å². The van der Waals surface area contributed by atoms with Crippen molar-refractivity contribution in [1.29, 1.82) is 0 Å². The van der Waals surface area contributed by atoms with Gasteiger partial charge in [-0.05, 0) is 76.7 Å². The number of unbranched alkanes of at least 4 members (excludes halogenated alkanes) is 7. The quantitative estimate of drug-likeness (QED) is 0.00870. The SMILES string of the molecule is CC/C=C\C/C=C\C/C=C\C/C=C\C/C=C\C/C=C\CCC(=O)O[C@H](COC(=O)CCCCCCC/C=C\C=C\C(=O)CCCCC)COP(=O)(O)OC1[C@H](O)[C@H](O)C(O)[C@H](O)[C@H]1O. The van der Waals surface area contributed by atoms with Gasteiger partial charge in [-0.1, -0.05) is 137 Å². The molecule has 0 aromatic carbocycles. The van der Waals surface area contributed by atoms with Crippen molar-refractivity contribution in [3.05, 3.63) is 97.2 Å². The van der Waals surface area contributed by atoms with Gasteiger partial charge in [-0.15, -0.1) is 0 Å². The highest BCUT2D eigenvalue weighted by molar-refractivity contribution is 7.47. The Labute approximate surface area is 381 Å². The molecule has 362 valence electrons. The van der Waals surface area contributed by atoms with Crippen LogP contribution in [0.3, 0.4) is 0 Å². The molecule has 0 radical (unpaired) electrons. The lowest BCUT2D eigenvalue weighted by molar-refractivity contribution is -0.220. The summed E-state index contributed by atoms with van der Waals surface area (Å²) >= 11 is 0. The maximum absolute atomic E-state index is 12.8. The van der Waals surface area contributed by atoms with E-state index in [4.69, 9.17) is 18.5 Å². The zero-order valence-electron chi connectivity index (χ0n) is 38.0. The van der Waals surface area contributed by atoms with Gasteiger partial charge in [-0.3, -0.25) is 23.4 Å². The fourth-order valence-corrected chi connectivity index (χ4v) is 7.15. The fourth-order valence-electron chi connectivity index (χ4n) is 6.17. The molecule has 0 bridgehead atoms. The van der Waals surface area contributed by atoms with Crippen molar-refractivity contribution in [3.8, 4) is 0 Å². The summed E-state index contributed by atoms with van der Waals surface area (Å²) in [4.78, 5) is 47.4. The maximum Gasteiger partial charge on any atom is 0.472 e. The minimum atomic E-state index is -5.16. The van der Waals surface area contributed by atoms with Gasteiger partial charge in [0.15, 0.2) is 11.9 Å². The molecule has 15 heteroatoms. The highest BCUT2D eigenvalue weighted by atomic mass is 31.2. The summed E-state index contributed by atoms with van der Waals surface area (Å²) in [6, 6.07) is 0. The minimum Gasteiger partial charge on any atom is -0.462 e. The van der Waals surface area contributed by atoms with E-state index in [1.165, 1.54) is 0 Å². The van der Waals surface area contributed by atoms with Crippen molar-refractivity contribution in [2.45, 2.75) is 179 Å². The first kappa shape index (κ1) is 58.5. The lowest BCUT2D eigenvalue weighted by Crippen LogP contribution is -2.64. The molecule has 1 aliphatic rings. The predicted molar refractivity (Wildman–Crippen MR) is 249 cm³/mol. The number of phosphoric acid groups is 1. The summed E-state index contributed by atoms with van der Waals surface area (Å²) in [5.74, 6) is -1.13. The number of ether oxygens (including phenoxy) is 2. The first-order chi connectivity index (χ1) is 30.8. The van der Waals surface area contributed by atoms with E-state index in [0.717, 1.165) is 83.5 Å². The Morgan fingerprint density at radius 2 is 1.06 bits per heavy atom. The number of ketones is 1. The molecule has 1 fully saturated rings. The molecule has 0 aromatic rings. The zero-order valence-corrected chi connectivity index (χ0v) is 38.9. The predicted octanol–water partition coefficient (Wildman–Crippen LogP) is 8.23. The van der Waals surface area contributed by atoms with Crippen molar-refractivity contribution >= 4 is 25.5 Å². The first-order valence-corrected chi connectivity index (χ1v) is 24.5. The Hall–Kier alpha value is -3.56. The molecular formula is C49H77O14P. The number of carbonyl (C=O) groups is 3. The smallest absolute Gasteiger partial charge is 0.462 e. The highest BCUT2D eigenvalue weighted by Gasteiger charge is 2.51. The van der Waals surface area contributed by atoms with Crippen molar-refractivity contribution in [1.82, 2.24) is 0 Å². The van der Waals surface area contributed by atoms with Crippen LogP contribution in [0.1, 0.15) is 136 Å². The molecule has 0 saturated heterocycles. The lowest BCUT2D eigenvalue weighted by Gasteiger charge is -2.41. The topological polar surface area (TPSA) is 227 Å². The molecule has 6 N–H and O–H groups in total. The van der Waals surface area contributed by atoms with Gasteiger partial charge in [0, 0.05) is 19.3 Å². The van der Waals surface area contributed by atoms with Crippen molar-refractivity contribution < 1.29 is 67.9 Å². The van der Waals surface area contributed by atoms with Gasteiger partial charge in [0.25, 0.3) is 0 Å². The fraction of sp³-hybridized carbons (Fsp3) is 0.612. The number of hydrogen-bond acceptors (Lipinski definition) is 13. The van der Waals surface area contributed by atoms with Gasteiger partial charge in [0.1, 0.15) is 43.2 Å². The van der Waals surface area contributed by atoms with Gasteiger partial charge in [0.2, 0.25) is 0 Å². The molecule has 8 atom stereocenters. The van der Waals surface area contributed by atoms with E-state index < -0.39 is 75.7 Å². The van der Waals surface area contributed by atoms with Crippen LogP contribution in [0.2, 0.25) is 0 Å². The average molecular weight is 921 g/mol. The second-order valence-corrected chi connectivity index (χ2v) is 17.0. The number of aliphatic hydroxyl groups excluding tert-OH is 5. The molecular weight excluding hydrogens is 843 g/mol. The molecule has 3 unspecified atom stereocenters. The van der Waals surface area contributed by atoms with E-state index in [9.17, 15) is 49.4 Å². The second kappa shape index (κ2) is 37.6. The van der Waals surface area contributed by atoms with Crippen LogP contribution < -0.4 is 0 Å². The average Bonchev–Trinajstić information content (AvgIpc) is 3.27. The Morgan fingerprint density at radius 3 is 1.64 bits per heavy atom. The number of esters is 2. The van der Waals surface area contributed by atoms with E-state index in [0.29, 0.717) is 25.7 Å². The number of allylic oxidation sites excluding steroid dienone is 16. The van der Waals surface area contributed by atoms with Crippen LogP contribution >= 0.6 is 7.82 Å². The van der Waals surface area contributed by atoms with Gasteiger partial charge in [-0.2, -0.15) is 0 Å². The molecule has 1 aliphatic carbocycles. The number of carbonyl (C=O) groups excluding carboxylic acids is 3. The number of hydrogen-bond donors (Lipinski definition) is 6. The van der Waals surface area contributed by atoms with Crippen LogP contribution in [0, 0.1) is 0 Å². The van der Waals surface area contributed by atoms with Crippen LogP contribution in [0.5, 0.6) is 0 Å². The summed E-state index contributed by atoms with van der Waals surface area (Å²) in [5.41, 5.74) is 0. The van der Waals surface area contributed by atoms with E-state index in [1.807, 2.05) is 36.5 Å². The maximum atomic E-state index is 12.8. The molecule has 0 heterocycles. The summed E-state index contributed by atoms with van der Waals surface area (Å²) in [6.45, 7) is 2.92. The molecule has 0 spiro atoms. The Kier molecular flexibility index (Phi) is 34.4. The molecule has 14 nitrogen and oxygen atoms in total. The van der Waals surface area contributed by atoms with E-state index in [-0.39, 0.29) is 18.6 Å². The van der Waals surface area contributed by atoms with Crippen LogP contribution in [0.4, 0.5) is 0 Å². The molecule has 1 rings (SSSR count). The van der Waals surface area contributed by atoms with Gasteiger partial charge >= 0.3 is 19.8 Å². The van der Waals surface area contributed by atoms with Gasteiger partial charge in [0.05, 0.1) is 6.61 Å². The normalized spacial score (nSPS) is 22.4. The van der Waals surface area contributed by atoms with Gasteiger partial charge < -0.3 is 39.9 Å². The van der Waals surface area contributed by atoms with Crippen molar-refractivity contribution in [2.75, 3.05) is 13.2 Å². The second-order valence-electron chi connectivity index (χ2n) is 15.6. The minimum absolute atomic E-state index is 0.0518. The largest absolute Gasteiger partial charge is 0.472 e. The first-order valence-electron chi connectivity index (χ1n) is 23.0. The third-order valence-electron chi connectivity index (χ3n) is 9.90. The monoisotopic (exact) mass is 921 g/mol. The van der Waals surface area contributed by atoms with E-state index in [1.54, 1.807) is 12.2 Å². The molecule has 0 aromatic heterocycles. The zero-order chi connectivity index (χ0) is 47.3. The summed E-state index contributed by atoms with van der Waals surface area (Å²) in [7, 11) is -5.16. The van der Waals surface area contributed by atoms with E-state index >= 15 is 0 Å². The lowest BCUT2D eigenvalue weighted by atomic mass is 9.85. The summed E-state index contributed by atoms with van der Waals surface area (Å²) < 4.78 is 33.4. The van der Waals surface area contributed by atoms with Crippen LogP contribution in [-0.4, -0.2) is 104 Å². The van der Waals surface area contributed by atoms with Crippen molar-refractivity contribution in [2.24, 2.45) is 0 Å². The molecule has 64 heavy (non-hydrogen) atoms. The third kappa shape index (κ3) is 29.8. The van der Waals surface area contributed by atoms with Crippen molar-refractivity contribution in [3.63, 3.8) is 0 Å². The molecule has 1 saturated carbocycles. The number of aliphatic hydroxyl groups is 5. The third-order valence-corrected chi connectivity index (χ3v) is 10.9. The number of rotatable bonds is 36. The Balaban J connectivity index is 2.56. The molecule has 0 amide bonds.